The lowest BCUT2D eigenvalue weighted by Gasteiger charge is -2.06. The van der Waals surface area contributed by atoms with Crippen LogP contribution in [-0.4, -0.2) is 19.7 Å². The predicted molar refractivity (Wildman–Crippen MR) is 95.4 cm³/mol. The first-order chi connectivity index (χ1) is 11.4. The fraction of sp³-hybridized carbons (Fsp3) is 0.0556. The van der Waals surface area contributed by atoms with Crippen LogP contribution in [-0.2, 0) is 10.0 Å². The Labute approximate surface area is 140 Å². The Bertz CT molecular complexity index is 1060. The first kappa shape index (κ1) is 16.2. The smallest absolute Gasteiger partial charge is 0.238 e. The number of aryl methyl sites for hydroxylation is 1. The quantitative estimate of drug-likeness (QED) is 0.717. The van der Waals surface area contributed by atoms with Crippen LogP contribution in [0.3, 0.4) is 0 Å². The van der Waals surface area contributed by atoms with Crippen molar-refractivity contribution in [2.75, 3.05) is 0 Å². The highest BCUT2D eigenvalue weighted by atomic mass is 32.2. The normalized spacial score (nSPS) is 12.1. The number of nitrogens with two attached hydrogens (primary N) is 1. The van der Waals surface area contributed by atoms with Gasteiger partial charge < -0.3 is 5.11 Å². The summed E-state index contributed by atoms with van der Waals surface area (Å²) in [7, 11) is -3.81. The Kier molecular flexibility index (Phi) is 4.09. The second-order valence-electron chi connectivity index (χ2n) is 5.47. The summed E-state index contributed by atoms with van der Waals surface area (Å²) in [5, 5.41) is 17.2. The van der Waals surface area contributed by atoms with Gasteiger partial charge in [-0.1, -0.05) is 36.4 Å². The molecule has 3 aromatic rings. The van der Waals surface area contributed by atoms with E-state index in [4.69, 9.17) is 5.14 Å². The molecule has 122 valence electrons. The molecule has 0 spiro atoms. The number of rotatable bonds is 3. The van der Waals surface area contributed by atoms with E-state index in [1.54, 1.807) is 25.1 Å². The lowest BCUT2D eigenvalue weighted by Crippen LogP contribution is -2.13. The molecule has 6 heteroatoms. The van der Waals surface area contributed by atoms with Crippen molar-refractivity contribution in [2.45, 2.75) is 11.8 Å². The fourth-order valence-corrected chi connectivity index (χ4v) is 3.34. The number of nitrogens with zero attached hydrogens (tertiary/aromatic N) is 1. The number of phenols is 1. The van der Waals surface area contributed by atoms with E-state index in [-0.39, 0.29) is 10.6 Å². The number of aromatic hydroxyl groups is 1. The van der Waals surface area contributed by atoms with Crippen molar-refractivity contribution in [3.05, 3.63) is 65.7 Å². The van der Waals surface area contributed by atoms with Crippen LogP contribution in [0.5, 0.6) is 5.75 Å². The summed E-state index contributed by atoms with van der Waals surface area (Å²) in [5.74, 6) is 0.108. The predicted octanol–water partition coefficient (Wildman–Crippen LogP) is 3.25. The lowest BCUT2D eigenvalue weighted by atomic mass is 10.0. The summed E-state index contributed by atoms with van der Waals surface area (Å²) in [6.07, 6.45) is 1.52. The van der Waals surface area contributed by atoms with E-state index in [0.29, 0.717) is 16.8 Å². The van der Waals surface area contributed by atoms with Crippen molar-refractivity contribution in [2.24, 2.45) is 10.1 Å². The van der Waals surface area contributed by atoms with E-state index in [9.17, 15) is 13.5 Å². The van der Waals surface area contributed by atoms with E-state index >= 15 is 0 Å². The van der Waals surface area contributed by atoms with Crippen LogP contribution >= 0.6 is 0 Å². The highest BCUT2D eigenvalue weighted by molar-refractivity contribution is 7.89. The number of hydrogen-bond donors (Lipinski definition) is 2. The molecule has 0 saturated heterocycles. The number of sulfonamides is 1. The lowest BCUT2D eigenvalue weighted by molar-refractivity contribution is 0.475. The Morgan fingerprint density at radius 1 is 1.08 bits per heavy atom. The van der Waals surface area contributed by atoms with Crippen LogP contribution in [0.15, 0.2) is 64.5 Å². The summed E-state index contributed by atoms with van der Waals surface area (Å²) in [4.78, 5) is 4.34. The highest BCUT2D eigenvalue weighted by Gasteiger charge is 2.12. The number of hydrogen-bond acceptors (Lipinski definition) is 4. The van der Waals surface area contributed by atoms with Crippen molar-refractivity contribution >= 4 is 32.7 Å². The monoisotopic (exact) mass is 340 g/mol. The Morgan fingerprint density at radius 3 is 2.58 bits per heavy atom. The molecule has 0 aromatic heterocycles. The van der Waals surface area contributed by atoms with Gasteiger partial charge in [-0.15, -0.1) is 0 Å². The molecule has 0 aliphatic carbocycles. The zero-order valence-corrected chi connectivity index (χ0v) is 13.8. The molecular formula is C18H16N2O3S. The van der Waals surface area contributed by atoms with Crippen LogP contribution < -0.4 is 5.14 Å². The maximum atomic E-state index is 11.6. The number of aliphatic imine (C=N–C) groups is 1. The maximum Gasteiger partial charge on any atom is 0.238 e. The van der Waals surface area contributed by atoms with Gasteiger partial charge in [0.15, 0.2) is 0 Å². The average molecular weight is 340 g/mol. The molecule has 0 unspecified atom stereocenters. The van der Waals surface area contributed by atoms with Gasteiger partial charge in [0, 0.05) is 11.8 Å². The van der Waals surface area contributed by atoms with Gasteiger partial charge in [-0.3, -0.25) is 4.99 Å². The van der Waals surface area contributed by atoms with Crippen LogP contribution in [0.4, 0.5) is 5.69 Å². The summed E-state index contributed by atoms with van der Waals surface area (Å²) in [5.41, 5.74) is 1.58. The molecule has 0 aliphatic rings. The average Bonchev–Trinajstić information content (AvgIpc) is 2.54. The maximum absolute atomic E-state index is 11.6. The van der Waals surface area contributed by atoms with Gasteiger partial charge in [0.2, 0.25) is 10.0 Å². The summed E-state index contributed by atoms with van der Waals surface area (Å²) >= 11 is 0. The zero-order valence-electron chi connectivity index (χ0n) is 13.0. The minimum atomic E-state index is -3.81. The largest absolute Gasteiger partial charge is 0.507 e. The van der Waals surface area contributed by atoms with Gasteiger partial charge in [0.1, 0.15) is 5.75 Å². The van der Waals surface area contributed by atoms with Crippen LogP contribution in [0, 0.1) is 6.92 Å². The Hall–Kier alpha value is -2.70. The molecule has 0 heterocycles. The van der Waals surface area contributed by atoms with Gasteiger partial charge in [-0.2, -0.15) is 0 Å². The molecule has 5 nitrogen and oxygen atoms in total. The van der Waals surface area contributed by atoms with Crippen molar-refractivity contribution < 1.29 is 13.5 Å². The van der Waals surface area contributed by atoms with Gasteiger partial charge >= 0.3 is 0 Å². The van der Waals surface area contributed by atoms with E-state index in [1.165, 1.54) is 12.3 Å². The third-order valence-corrected chi connectivity index (χ3v) is 4.82. The standard InChI is InChI=1S/C18H16N2O3S/c1-12-6-8-14(10-18(12)24(19,22)23)20-11-16-15-5-3-2-4-13(15)7-9-17(16)21/h2-11,21H,1H3,(H2,19,22,23). The van der Waals surface area contributed by atoms with Crippen LogP contribution in [0.25, 0.3) is 10.8 Å². The van der Waals surface area contributed by atoms with Gasteiger partial charge in [0.05, 0.1) is 10.6 Å². The molecule has 0 fully saturated rings. The third kappa shape index (κ3) is 3.15. The van der Waals surface area contributed by atoms with E-state index in [0.717, 1.165) is 10.8 Å². The van der Waals surface area contributed by atoms with E-state index < -0.39 is 10.0 Å². The van der Waals surface area contributed by atoms with Crippen molar-refractivity contribution in [3.8, 4) is 5.75 Å². The van der Waals surface area contributed by atoms with Crippen molar-refractivity contribution in [1.29, 1.82) is 0 Å². The molecular weight excluding hydrogens is 324 g/mol. The summed E-state index contributed by atoms with van der Waals surface area (Å²) in [6.45, 7) is 1.67. The summed E-state index contributed by atoms with van der Waals surface area (Å²) in [6, 6.07) is 15.8. The SMILES string of the molecule is Cc1ccc(N=Cc2c(O)ccc3ccccc23)cc1S(N)(=O)=O. The minimum Gasteiger partial charge on any atom is -0.507 e. The second-order valence-corrected chi connectivity index (χ2v) is 7.00. The minimum absolute atomic E-state index is 0.0410. The number of primary sulfonamides is 1. The Balaban J connectivity index is 2.08. The van der Waals surface area contributed by atoms with Crippen LogP contribution in [0.1, 0.15) is 11.1 Å². The fourth-order valence-electron chi connectivity index (χ4n) is 2.53. The van der Waals surface area contributed by atoms with Crippen LogP contribution in [0.2, 0.25) is 0 Å². The molecule has 3 aromatic carbocycles. The first-order valence-electron chi connectivity index (χ1n) is 7.24. The third-order valence-electron chi connectivity index (χ3n) is 3.77. The van der Waals surface area contributed by atoms with Gasteiger partial charge in [-0.25, -0.2) is 13.6 Å². The highest BCUT2D eigenvalue weighted by Crippen LogP contribution is 2.27. The first-order valence-corrected chi connectivity index (χ1v) is 8.79. The van der Waals surface area contributed by atoms with Gasteiger partial charge in [0.25, 0.3) is 0 Å². The molecule has 3 rings (SSSR count). The van der Waals surface area contributed by atoms with Crippen molar-refractivity contribution in [3.63, 3.8) is 0 Å². The number of phenolic OH excluding ortho intramolecular Hbond substituents is 1. The van der Waals surface area contributed by atoms with E-state index in [1.807, 2.05) is 30.3 Å². The number of fused-ring (bicyclic) bond motifs is 1. The second kappa shape index (κ2) is 6.07. The molecule has 0 amide bonds. The molecule has 0 bridgehead atoms. The number of benzene rings is 3. The Morgan fingerprint density at radius 2 is 1.83 bits per heavy atom. The van der Waals surface area contributed by atoms with Gasteiger partial charge in [-0.05, 0) is 41.5 Å². The molecule has 0 aliphatic heterocycles. The molecule has 24 heavy (non-hydrogen) atoms. The van der Waals surface area contributed by atoms with E-state index in [2.05, 4.69) is 4.99 Å². The molecule has 3 N–H and O–H groups in total. The molecule has 0 saturated carbocycles. The molecule has 0 radical (unpaired) electrons. The zero-order chi connectivity index (χ0) is 17.3. The topological polar surface area (TPSA) is 92.8 Å². The van der Waals surface area contributed by atoms with Crippen molar-refractivity contribution in [1.82, 2.24) is 0 Å². The molecule has 0 atom stereocenters. The summed E-state index contributed by atoms with van der Waals surface area (Å²) < 4.78 is 23.2.